The van der Waals surface area contributed by atoms with Gasteiger partial charge in [0.05, 0.1) is 18.1 Å². The average molecular weight is 316 g/mol. The molecule has 1 fully saturated rings. The Morgan fingerprint density at radius 2 is 1.96 bits per heavy atom. The van der Waals surface area contributed by atoms with Crippen LogP contribution >= 0.6 is 0 Å². The summed E-state index contributed by atoms with van der Waals surface area (Å²) >= 11 is 0. The van der Waals surface area contributed by atoms with Crippen molar-refractivity contribution in [2.75, 3.05) is 0 Å². The van der Waals surface area contributed by atoms with Crippen molar-refractivity contribution in [3.8, 4) is 0 Å². The van der Waals surface area contributed by atoms with E-state index in [1.165, 1.54) is 6.92 Å². The molecule has 3 rings (SSSR count). The first-order chi connectivity index (χ1) is 10.9. The molecule has 1 heterocycles. The highest BCUT2D eigenvalue weighted by Gasteiger charge is 2.51. The molecule has 0 spiro atoms. The summed E-state index contributed by atoms with van der Waals surface area (Å²) in [6, 6.07) is 8.29. The Labute approximate surface area is 132 Å². The van der Waals surface area contributed by atoms with Crippen LogP contribution in [0.4, 0.5) is 0 Å². The summed E-state index contributed by atoms with van der Waals surface area (Å²) in [4.78, 5) is 23.8. The van der Waals surface area contributed by atoms with Crippen LogP contribution in [0.2, 0.25) is 0 Å². The summed E-state index contributed by atoms with van der Waals surface area (Å²) in [5, 5.41) is 31.0. The number of hydrogen-bond donors (Lipinski definition) is 3. The van der Waals surface area contributed by atoms with Crippen LogP contribution in [0.3, 0.4) is 0 Å². The topological polar surface area (TPSA) is 104 Å². The SMILES string of the molecule is CC1=C(O)C(C=O)=C2OC(O)(c3ccccc3)CC(=O)C2C1O. The second-order valence-corrected chi connectivity index (χ2v) is 5.75. The summed E-state index contributed by atoms with van der Waals surface area (Å²) < 4.78 is 5.56. The number of ketones is 1. The highest BCUT2D eigenvalue weighted by Crippen LogP contribution is 2.44. The molecule has 6 nitrogen and oxygen atoms in total. The van der Waals surface area contributed by atoms with Crippen molar-refractivity contribution in [1.82, 2.24) is 0 Å². The third-order valence-corrected chi connectivity index (χ3v) is 4.32. The molecule has 1 aromatic carbocycles. The second-order valence-electron chi connectivity index (χ2n) is 5.75. The zero-order chi connectivity index (χ0) is 16.8. The van der Waals surface area contributed by atoms with Gasteiger partial charge in [0.15, 0.2) is 12.1 Å². The molecular weight excluding hydrogens is 300 g/mol. The number of carbonyl (C=O) groups excluding carboxylic acids is 2. The maximum atomic E-state index is 12.5. The van der Waals surface area contributed by atoms with E-state index in [9.17, 15) is 24.9 Å². The first-order valence-corrected chi connectivity index (χ1v) is 7.16. The van der Waals surface area contributed by atoms with Gasteiger partial charge in [0, 0.05) is 5.56 Å². The highest BCUT2D eigenvalue weighted by molar-refractivity contribution is 5.91. The number of aliphatic hydroxyl groups excluding tert-OH is 2. The maximum absolute atomic E-state index is 12.5. The molecule has 6 heteroatoms. The molecular formula is C17H16O6. The van der Waals surface area contributed by atoms with Gasteiger partial charge in [-0.1, -0.05) is 30.3 Å². The Morgan fingerprint density at radius 1 is 1.30 bits per heavy atom. The van der Waals surface area contributed by atoms with Crippen LogP contribution in [-0.2, 0) is 20.1 Å². The van der Waals surface area contributed by atoms with Gasteiger partial charge in [-0.05, 0) is 12.5 Å². The van der Waals surface area contributed by atoms with Gasteiger partial charge in [0.1, 0.15) is 17.4 Å². The average Bonchev–Trinajstić information content (AvgIpc) is 2.53. The molecule has 3 N–H and O–H groups in total. The Balaban J connectivity index is 2.14. The summed E-state index contributed by atoms with van der Waals surface area (Å²) in [7, 11) is 0. The number of aliphatic hydroxyl groups is 3. The van der Waals surface area contributed by atoms with Gasteiger partial charge in [0.2, 0.25) is 5.79 Å². The first-order valence-electron chi connectivity index (χ1n) is 7.16. The van der Waals surface area contributed by atoms with Crippen LogP contribution in [0.1, 0.15) is 18.9 Å². The van der Waals surface area contributed by atoms with Crippen LogP contribution in [0.5, 0.6) is 0 Å². The van der Waals surface area contributed by atoms with E-state index in [1.807, 2.05) is 0 Å². The monoisotopic (exact) mass is 316 g/mol. The molecule has 1 aliphatic carbocycles. The first kappa shape index (κ1) is 15.5. The third kappa shape index (κ3) is 2.27. The highest BCUT2D eigenvalue weighted by atomic mass is 16.6. The van der Waals surface area contributed by atoms with Crippen LogP contribution in [0, 0.1) is 5.92 Å². The molecule has 3 unspecified atom stereocenters. The van der Waals surface area contributed by atoms with Crippen molar-refractivity contribution in [1.29, 1.82) is 0 Å². The molecule has 0 amide bonds. The number of hydrogen-bond acceptors (Lipinski definition) is 6. The van der Waals surface area contributed by atoms with E-state index in [0.29, 0.717) is 11.8 Å². The molecule has 1 saturated heterocycles. The molecule has 0 bridgehead atoms. The Hall–Kier alpha value is -2.44. The van der Waals surface area contributed by atoms with Crippen LogP contribution < -0.4 is 0 Å². The van der Waals surface area contributed by atoms with Crippen molar-refractivity contribution in [2.24, 2.45) is 5.92 Å². The molecule has 120 valence electrons. The van der Waals surface area contributed by atoms with Gasteiger partial charge in [-0.15, -0.1) is 0 Å². The minimum absolute atomic E-state index is 0.128. The number of aldehydes is 1. The van der Waals surface area contributed by atoms with Crippen molar-refractivity contribution < 1.29 is 29.6 Å². The minimum atomic E-state index is -1.94. The lowest BCUT2D eigenvalue weighted by molar-refractivity contribution is -0.216. The number of carbonyl (C=O) groups is 2. The predicted octanol–water partition coefficient (Wildman–Crippen LogP) is 1.10. The van der Waals surface area contributed by atoms with E-state index >= 15 is 0 Å². The molecule has 0 saturated carbocycles. The molecule has 0 radical (unpaired) electrons. The van der Waals surface area contributed by atoms with E-state index in [2.05, 4.69) is 0 Å². The standard InChI is InChI=1S/C17H16O6/c1-9-14(20)11(8-18)16-13(15(9)21)12(19)7-17(22,23-16)10-5-3-2-4-6-10/h2-6,8,13,15,20-22H,7H2,1H3. The molecule has 0 aromatic heterocycles. The van der Waals surface area contributed by atoms with E-state index < -0.39 is 29.4 Å². The largest absolute Gasteiger partial charge is 0.507 e. The van der Waals surface area contributed by atoms with E-state index in [0.717, 1.165) is 0 Å². The fourth-order valence-electron chi connectivity index (χ4n) is 3.01. The predicted molar refractivity (Wildman–Crippen MR) is 79.0 cm³/mol. The van der Waals surface area contributed by atoms with Gasteiger partial charge in [-0.25, -0.2) is 0 Å². The lowest BCUT2D eigenvalue weighted by Gasteiger charge is -2.41. The number of benzene rings is 1. The number of allylic oxidation sites excluding steroid dienone is 1. The summed E-state index contributed by atoms with van der Waals surface area (Å²) in [6.45, 7) is 1.44. The Kier molecular flexibility index (Phi) is 3.58. The molecule has 1 aliphatic heterocycles. The molecule has 23 heavy (non-hydrogen) atoms. The van der Waals surface area contributed by atoms with Crippen LogP contribution in [0.25, 0.3) is 0 Å². The van der Waals surface area contributed by atoms with Crippen molar-refractivity contribution in [2.45, 2.75) is 25.2 Å². The van der Waals surface area contributed by atoms with Gasteiger partial charge in [0.25, 0.3) is 0 Å². The Morgan fingerprint density at radius 3 is 2.57 bits per heavy atom. The fourth-order valence-corrected chi connectivity index (χ4v) is 3.01. The van der Waals surface area contributed by atoms with Crippen molar-refractivity contribution >= 4 is 12.1 Å². The smallest absolute Gasteiger partial charge is 0.241 e. The lowest BCUT2D eigenvalue weighted by Crippen LogP contribution is -2.47. The summed E-state index contributed by atoms with van der Waals surface area (Å²) in [6.07, 6.45) is -1.29. The van der Waals surface area contributed by atoms with Crippen molar-refractivity contribution in [3.63, 3.8) is 0 Å². The van der Waals surface area contributed by atoms with E-state index in [-0.39, 0.29) is 23.3 Å². The molecule has 1 aromatic rings. The molecule has 2 aliphatic rings. The van der Waals surface area contributed by atoms with E-state index in [1.54, 1.807) is 30.3 Å². The van der Waals surface area contributed by atoms with Gasteiger partial charge >= 0.3 is 0 Å². The molecule has 3 atom stereocenters. The number of rotatable bonds is 2. The van der Waals surface area contributed by atoms with Gasteiger partial charge in [-0.3, -0.25) is 9.59 Å². The number of fused-ring (bicyclic) bond motifs is 1. The third-order valence-electron chi connectivity index (χ3n) is 4.32. The number of ether oxygens (including phenoxy) is 1. The zero-order valence-electron chi connectivity index (χ0n) is 12.4. The fraction of sp³-hybridized carbons (Fsp3) is 0.294. The quantitative estimate of drug-likeness (QED) is 0.706. The lowest BCUT2D eigenvalue weighted by atomic mass is 9.78. The number of Topliss-reactive ketones (excluding diaryl/α,β-unsaturated/α-hetero) is 1. The normalized spacial score (nSPS) is 30.8. The van der Waals surface area contributed by atoms with Crippen LogP contribution in [-0.4, -0.2) is 33.5 Å². The van der Waals surface area contributed by atoms with Crippen LogP contribution in [0.15, 0.2) is 53.0 Å². The van der Waals surface area contributed by atoms with Crippen molar-refractivity contribution in [3.05, 3.63) is 58.6 Å². The maximum Gasteiger partial charge on any atom is 0.241 e. The van der Waals surface area contributed by atoms with Gasteiger partial charge in [-0.2, -0.15) is 0 Å². The summed E-state index contributed by atoms with van der Waals surface area (Å²) in [5.74, 6) is -4.13. The minimum Gasteiger partial charge on any atom is -0.507 e. The Bertz CT molecular complexity index is 733. The van der Waals surface area contributed by atoms with Gasteiger partial charge < -0.3 is 20.1 Å². The zero-order valence-corrected chi connectivity index (χ0v) is 12.4. The second kappa shape index (κ2) is 5.33. The van der Waals surface area contributed by atoms with E-state index in [4.69, 9.17) is 4.74 Å². The summed E-state index contributed by atoms with van der Waals surface area (Å²) in [5.41, 5.74) is 0.257.